The molecule has 4 nitrogen and oxygen atoms in total. The summed E-state index contributed by atoms with van der Waals surface area (Å²) in [6.45, 7) is 0. The number of rotatable bonds is 4. The molecule has 132 valence electrons. The van der Waals surface area contributed by atoms with Crippen molar-refractivity contribution in [1.29, 1.82) is 0 Å². The molecule has 0 bridgehead atoms. The first-order valence-electron chi connectivity index (χ1n) is 8.69. The molecule has 6 heteroatoms. The van der Waals surface area contributed by atoms with Crippen molar-refractivity contribution in [2.75, 3.05) is 4.90 Å². The average molecular weight is 384 g/mol. The number of thiazole rings is 1. The second kappa shape index (κ2) is 7.56. The van der Waals surface area contributed by atoms with Gasteiger partial charge in [0.1, 0.15) is 15.7 Å². The number of carbonyl (C=O) groups excluding carboxylic acids is 1. The predicted molar refractivity (Wildman–Crippen MR) is 106 cm³/mol. The molecular weight excluding hydrogens is 366 g/mol. The highest BCUT2D eigenvalue weighted by atomic mass is 35.5. The maximum atomic E-state index is 13.3. The van der Waals surface area contributed by atoms with Crippen LogP contribution in [-0.4, -0.2) is 21.9 Å². The van der Waals surface area contributed by atoms with Gasteiger partial charge in [-0.05, 0) is 31.0 Å². The van der Waals surface area contributed by atoms with E-state index >= 15 is 0 Å². The van der Waals surface area contributed by atoms with Gasteiger partial charge in [0, 0.05) is 17.8 Å². The molecule has 1 aromatic carbocycles. The highest BCUT2D eigenvalue weighted by Gasteiger charge is 2.30. The molecule has 1 amide bonds. The van der Waals surface area contributed by atoms with Crippen LogP contribution >= 0.6 is 22.9 Å². The van der Waals surface area contributed by atoms with E-state index in [0.717, 1.165) is 36.3 Å². The zero-order valence-electron chi connectivity index (χ0n) is 14.1. The number of aromatic nitrogens is 2. The number of carbonyl (C=O) groups is 1. The smallest absolute Gasteiger partial charge is 0.271 e. The fourth-order valence-electron chi connectivity index (χ4n) is 3.37. The minimum absolute atomic E-state index is 0.0357. The minimum atomic E-state index is -0.0357. The molecule has 2 aromatic heterocycles. The van der Waals surface area contributed by atoms with Crippen molar-refractivity contribution in [3.8, 4) is 10.6 Å². The zero-order chi connectivity index (χ0) is 17.9. The van der Waals surface area contributed by atoms with Crippen molar-refractivity contribution in [2.45, 2.75) is 31.7 Å². The Kier molecular flexibility index (Phi) is 5.00. The van der Waals surface area contributed by atoms with Crippen molar-refractivity contribution in [3.63, 3.8) is 0 Å². The largest absolute Gasteiger partial charge is 0.289 e. The molecule has 0 aliphatic heterocycles. The van der Waals surface area contributed by atoms with Gasteiger partial charge in [0.25, 0.3) is 5.91 Å². The SMILES string of the molecule is O=C(c1cnc(-c2ccccc2Cl)s1)N(c1ccccn1)C1CCCC1. The van der Waals surface area contributed by atoms with Crippen LogP contribution in [0.2, 0.25) is 5.02 Å². The summed E-state index contributed by atoms with van der Waals surface area (Å²) in [6.07, 6.45) is 7.70. The zero-order valence-corrected chi connectivity index (χ0v) is 15.7. The first kappa shape index (κ1) is 17.2. The number of amides is 1. The van der Waals surface area contributed by atoms with E-state index in [-0.39, 0.29) is 11.9 Å². The van der Waals surface area contributed by atoms with E-state index in [1.807, 2.05) is 47.4 Å². The fourth-order valence-corrected chi connectivity index (χ4v) is 4.54. The van der Waals surface area contributed by atoms with Gasteiger partial charge in [0.05, 0.1) is 11.2 Å². The molecule has 2 heterocycles. The molecule has 0 spiro atoms. The number of pyridine rings is 1. The van der Waals surface area contributed by atoms with Crippen LogP contribution in [0.15, 0.2) is 54.9 Å². The van der Waals surface area contributed by atoms with E-state index < -0.39 is 0 Å². The minimum Gasteiger partial charge on any atom is -0.289 e. The summed E-state index contributed by atoms with van der Waals surface area (Å²) >= 11 is 7.65. The lowest BCUT2D eigenvalue weighted by Gasteiger charge is -2.27. The van der Waals surface area contributed by atoms with Crippen molar-refractivity contribution in [2.24, 2.45) is 0 Å². The van der Waals surface area contributed by atoms with Crippen molar-refractivity contribution in [3.05, 3.63) is 64.8 Å². The molecule has 1 aliphatic rings. The second-order valence-corrected chi connectivity index (χ2v) is 7.75. The van der Waals surface area contributed by atoms with Gasteiger partial charge in [0.2, 0.25) is 0 Å². The monoisotopic (exact) mass is 383 g/mol. The lowest BCUT2D eigenvalue weighted by atomic mass is 10.2. The number of halogens is 1. The molecule has 0 atom stereocenters. The molecule has 0 saturated heterocycles. The van der Waals surface area contributed by atoms with Crippen LogP contribution in [0.5, 0.6) is 0 Å². The van der Waals surface area contributed by atoms with Crippen LogP contribution in [0, 0.1) is 0 Å². The highest BCUT2D eigenvalue weighted by Crippen LogP contribution is 2.33. The number of hydrogen-bond acceptors (Lipinski definition) is 4. The Bertz CT molecular complexity index is 906. The average Bonchev–Trinajstić information content (AvgIpc) is 3.35. The summed E-state index contributed by atoms with van der Waals surface area (Å²) in [7, 11) is 0. The number of anilines is 1. The lowest BCUT2D eigenvalue weighted by Crippen LogP contribution is -2.39. The van der Waals surface area contributed by atoms with Crippen LogP contribution < -0.4 is 4.90 Å². The van der Waals surface area contributed by atoms with Crippen LogP contribution in [0.3, 0.4) is 0 Å². The Morgan fingerprint density at radius 3 is 2.58 bits per heavy atom. The van der Waals surface area contributed by atoms with E-state index in [9.17, 15) is 4.79 Å². The van der Waals surface area contributed by atoms with E-state index in [1.54, 1.807) is 12.4 Å². The van der Waals surface area contributed by atoms with Gasteiger partial charge in [-0.25, -0.2) is 9.97 Å². The Labute approximate surface area is 161 Å². The molecule has 1 saturated carbocycles. The van der Waals surface area contributed by atoms with Gasteiger partial charge < -0.3 is 0 Å². The summed E-state index contributed by atoms with van der Waals surface area (Å²) < 4.78 is 0. The van der Waals surface area contributed by atoms with Crippen LogP contribution in [0.25, 0.3) is 10.6 Å². The molecule has 0 radical (unpaired) electrons. The molecule has 4 rings (SSSR count). The Morgan fingerprint density at radius 2 is 1.85 bits per heavy atom. The number of nitrogens with zero attached hydrogens (tertiary/aromatic N) is 3. The van der Waals surface area contributed by atoms with E-state index in [2.05, 4.69) is 9.97 Å². The fraction of sp³-hybridized carbons (Fsp3) is 0.250. The van der Waals surface area contributed by atoms with Gasteiger partial charge in [-0.15, -0.1) is 11.3 Å². The van der Waals surface area contributed by atoms with Crippen LogP contribution in [0.4, 0.5) is 5.82 Å². The van der Waals surface area contributed by atoms with Crippen LogP contribution in [-0.2, 0) is 0 Å². The van der Waals surface area contributed by atoms with Gasteiger partial charge in [-0.1, -0.05) is 48.7 Å². The summed E-state index contributed by atoms with van der Waals surface area (Å²) in [6, 6.07) is 13.4. The normalized spacial score (nSPS) is 14.5. The highest BCUT2D eigenvalue weighted by molar-refractivity contribution is 7.17. The molecule has 1 aliphatic carbocycles. The molecule has 1 fully saturated rings. The Balaban J connectivity index is 1.67. The Hall–Kier alpha value is -2.24. The number of benzene rings is 1. The van der Waals surface area contributed by atoms with Crippen molar-refractivity contribution >= 4 is 34.7 Å². The van der Waals surface area contributed by atoms with E-state index in [1.165, 1.54) is 11.3 Å². The first-order valence-corrected chi connectivity index (χ1v) is 9.89. The summed E-state index contributed by atoms with van der Waals surface area (Å²) in [4.78, 5) is 24.6. The van der Waals surface area contributed by atoms with Crippen molar-refractivity contribution < 1.29 is 4.79 Å². The third kappa shape index (κ3) is 3.37. The lowest BCUT2D eigenvalue weighted by molar-refractivity contribution is 0.0980. The molecule has 26 heavy (non-hydrogen) atoms. The summed E-state index contributed by atoms with van der Waals surface area (Å²) in [5.74, 6) is 0.670. The molecule has 0 N–H and O–H groups in total. The summed E-state index contributed by atoms with van der Waals surface area (Å²) in [5, 5.41) is 1.39. The third-order valence-corrected chi connectivity index (χ3v) is 5.97. The topological polar surface area (TPSA) is 46.1 Å². The van der Waals surface area contributed by atoms with Gasteiger partial charge >= 0.3 is 0 Å². The molecule has 0 unspecified atom stereocenters. The Morgan fingerprint density at radius 1 is 1.08 bits per heavy atom. The van der Waals surface area contributed by atoms with E-state index in [0.29, 0.717) is 15.7 Å². The predicted octanol–water partition coefficient (Wildman–Crippen LogP) is 5.45. The first-order chi connectivity index (χ1) is 12.7. The maximum absolute atomic E-state index is 13.3. The number of hydrogen-bond donors (Lipinski definition) is 0. The van der Waals surface area contributed by atoms with Crippen molar-refractivity contribution in [1.82, 2.24) is 9.97 Å². The van der Waals surface area contributed by atoms with Gasteiger partial charge in [-0.2, -0.15) is 0 Å². The van der Waals surface area contributed by atoms with Crippen LogP contribution in [0.1, 0.15) is 35.4 Å². The quantitative estimate of drug-likeness (QED) is 0.602. The van der Waals surface area contributed by atoms with Gasteiger partial charge in [-0.3, -0.25) is 9.69 Å². The third-order valence-electron chi connectivity index (χ3n) is 4.63. The van der Waals surface area contributed by atoms with Gasteiger partial charge in [0.15, 0.2) is 0 Å². The second-order valence-electron chi connectivity index (χ2n) is 6.31. The summed E-state index contributed by atoms with van der Waals surface area (Å²) in [5.41, 5.74) is 0.850. The molecule has 3 aromatic rings. The maximum Gasteiger partial charge on any atom is 0.271 e. The molecular formula is C20H18ClN3OS. The van der Waals surface area contributed by atoms with E-state index in [4.69, 9.17) is 11.6 Å². The standard InChI is InChI=1S/C20H18ClN3OS/c21-16-10-4-3-9-15(16)19-23-13-17(26-19)20(25)24(14-7-1-2-8-14)18-11-5-6-12-22-18/h3-6,9-14H,1-2,7-8H2.